The first-order valence-corrected chi connectivity index (χ1v) is 7.32. The van der Waals surface area contributed by atoms with E-state index in [0.717, 1.165) is 24.2 Å². The topological polar surface area (TPSA) is 80.5 Å². The molecular weight excluding hydrogens is 268 g/mol. The van der Waals surface area contributed by atoms with Gasteiger partial charge in [-0.25, -0.2) is 4.98 Å². The van der Waals surface area contributed by atoms with E-state index in [1.165, 1.54) is 0 Å². The largest absolute Gasteiger partial charge is 0.381 e. The highest BCUT2D eigenvalue weighted by Crippen LogP contribution is 2.18. The Balaban J connectivity index is 1.91. The molecule has 116 valence electrons. The third kappa shape index (κ3) is 4.15. The molecule has 0 spiro atoms. The van der Waals surface area contributed by atoms with E-state index >= 15 is 0 Å². The van der Waals surface area contributed by atoms with E-state index in [1.807, 2.05) is 31.1 Å². The second kappa shape index (κ2) is 7.38. The van der Waals surface area contributed by atoms with E-state index in [1.54, 1.807) is 6.20 Å². The number of rotatable bonds is 5. The van der Waals surface area contributed by atoms with Crippen molar-refractivity contribution in [1.29, 1.82) is 0 Å². The van der Waals surface area contributed by atoms with E-state index in [4.69, 9.17) is 10.5 Å². The molecule has 2 rings (SSSR count). The minimum atomic E-state index is -0.464. The average Bonchev–Trinajstić information content (AvgIpc) is 2.52. The highest BCUT2D eigenvalue weighted by molar-refractivity contribution is 5.81. The quantitative estimate of drug-likeness (QED) is 0.827. The number of ether oxygens (including phenoxy) is 1. The van der Waals surface area contributed by atoms with E-state index in [9.17, 15) is 4.79 Å². The van der Waals surface area contributed by atoms with Crippen LogP contribution in [-0.4, -0.2) is 44.2 Å². The van der Waals surface area contributed by atoms with Gasteiger partial charge >= 0.3 is 0 Å². The SMILES string of the molecule is CN(C)c1ncccc1CNC(=O)C(N)C1CCOCC1. The number of aromatic nitrogens is 1. The van der Waals surface area contributed by atoms with Crippen molar-refractivity contribution in [2.45, 2.75) is 25.4 Å². The Bertz CT molecular complexity index is 472. The molecule has 0 aromatic carbocycles. The summed E-state index contributed by atoms with van der Waals surface area (Å²) in [6.07, 6.45) is 3.45. The first-order valence-electron chi connectivity index (χ1n) is 7.32. The first kappa shape index (κ1) is 15.7. The van der Waals surface area contributed by atoms with Gasteiger partial charge in [-0.2, -0.15) is 0 Å². The number of hydrogen-bond donors (Lipinski definition) is 2. The number of nitrogens with zero attached hydrogens (tertiary/aromatic N) is 2. The standard InChI is InChI=1S/C15H24N4O2/c1-19(2)14-12(4-3-7-17-14)10-18-15(20)13(16)11-5-8-21-9-6-11/h3-4,7,11,13H,5-6,8-10,16H2,1-2H3,(H,18,20). The zero-order valence-electron chi connectivity index (χ0n) is 12.7. The van der Waals surface area contributed by atoms with E-state index in [2.05, 4.69) is 10.3 Å². The molecule has 1 aliphatic rings. The molecule has 21 heavy (non-hydrogen) atoms. The summed E-state index contributed by atoms with van der Waals surface area (Å²) in [5, 5.41) is 2.92. The average molecular weight is 292 g/mol. The van der Waals surface area contributed by atoms with Crippen molar-refractivity contribution in [2.24, 2.45) is 11.7 Å². The molecule has 6 heteroatoms. The summed E-state index contributed by atoms with van der Waals surface area (Å²) in [5.41, 5.74) is 7.04. The van der Waals surface area contributed by atoms with Gasteiger partial charge in [0, 0.05) is 45.6 Å². The maximum atomic E-state index is 12.2. The van der Waals surface area contributed by atoms with Crippen LogP contribution in [0.5, 0.6) is 0 Å². The molecule has 1 aromatic rings. The normalized spacial score (nSPS) is 17.3. The Morgan fingerprint density at radius 3 is 2.90 bits per heavy atom. The maximum absolute atomic E-state index is 12.2. The van der Waals surface area contributed by atoms with Crippen LogP contribution in [0.3, 0.4) is 0 Å². The Kier molecular flexibility index (Phi) is 5.52. The van der Waals surface area contributed by atoms with Crippen molar-refractivity contribution in [3.05, 3.63) is 23.9 Å². The minimum Gasteiger partial charge on any atom is -0.381 e. The molecule has 1 aromatic heterocycles. The fourth-order valence-corrected chi connectivity index (χ4v) is 2.56. The van der Waals surface area contributed by atoms with Crippen LogP contribution >= 0.6 is 0 Å². The van der Waals surface area contributed by atoms with Crippen LogP contribution in [0, 0.1) is 5.92 Å². The number of carbonyl (C=O) groups excluding carboxylic acids is 1. The Hall–Kier alpha value is -1.66. The molecule has 1 amide bonds. The van der Waals surface area contributed by atoms with Gasteiger partial charge in [0.2, 0.25) is 5.91 Å². The van der Waals surface area contributed by atoms with Crippen LogP contribution in [0.25, 0.3) is 0 Å². The number of hydrogen-bond acceptors (Lipinski definition) is 5. The van der Waals surface area contributed by atoms with Gasteiger partial charge in [-0.3, -0.25) is 4.79 Å². The number of pyridine rings is 1. The fourth-order valence-electron chi connectivity index (χ4n) is 2.56. The van der Waals surface area contributed by atoms with E-state index in [-0.39, 0.29) is 11.8 Å². The van der Waals surface area contributed by atoms with E-state index < -0.39 is 6.04 Å². The summed E-state index contributed by atoms with van der Waals surface area (Å²) in [7, 11) is 3.86. The highest BCUT2D eigenvalue weighted by atomic mass is 16.5. The van der Waals surface area contributed by atoms with Gasteiger partial charge in [-0.1, -0.05) is 6.07 Å². The number of nitrogens with one attached hydrogen (secondary N) is 1. The van der Waals surface area contributed by atoms with E-state index in [0.29, 0.717) is 19.8 Å². The molecule has 1 fully saturated rings. The van der Waals surface area contributed by atoms with Gasteiger partial charge in [0.1, 0.15) is 5.82 Å². The lowest BCUT2D eigenvalue weighted by molar-refractivity contribution is -0.124. The molecule has 1 aliphatic heterocycles. The van der Waals surface area contributed by atoms with Crippen molar-refractivity contribution >= 4 is 11.7 Å². The zero-order valence-corrected chi connectivity index (χ0v) is 12.7. The zero-order chi connectivity index (χ0) is 15.2. The number of anilines is 1. The summed E-state index contributed by atoms with van der Waals surface area (Å²) < 4.78 is 5.30. The number of amides is 1. The monoisotopic (exact) mass is 292 g/mol. The van der Waals surface area contributed by atoms with Gasteiger partial charge in [0.15, 0.2) is 0 Å². The van der Waals surface area contributed by atoms with Crippen molar-refractivity contribution in [2.75, 3.05) is 32.2 Å². The Morgan fingerprint density at radius 2 is 2.24 bits per heavy atom. The van der Waals surface area contributed by atoms with Crippen LogP contribution in [-0.2, 0) is 16.1 Å². The van der Waals surface area contributed by atoms with Gasteiger partial charge < -0.3 is 20.7 Å². The fraction of sp³-hybridized carbons (Fsp3) is 0.600. The van der Waals surface area contributed by atoms with Crippen molar-refractivity contribution in [3.8, 4) is 0 Å². The molecule has 1 unspecified atom stereocenters. The summed E-state index contributed by atoms with van der Waals surface area (Å²) in [6.45, 7) is 1.83. The minimum absolute atomic E-state index is 0.101. The molecule has 1 saturated heterocycles. The third-order valence-electron chi connectivity index (χ3n) is 3.82. The number of carbonyl (C=O) groups is 1. The molecule has 0 saturated carbocycles. The van der Waals surface area contributed by atoms with Gasteiger partial charge in [-0.05, 0) is 24.8 Å². The van der Waals surface area contributed by atoms with Gasteiger partial charge in [0.25, 0.3) is 0 Å². The molecule has 0 radical (unpaired) electrons. The van der Waals surface area contributed by atoms with Crippen molar-refractivity contribution in [1.82, 2.24) is 10.3 Å². The highest BCUT2D eigenvalue weighted by Gasteiger charge is 2.26. The molecular formula is C15H24N4O2. The Morgan fingerprint density at radius 1 is 1.52 bits per heavy atom. The summed E-state index contributed by atoms with van der Waals surface area (Å²) in [4.78, 5) is 18.4. The first-order chi connectivity index (χ1) is 10.1. The van der Waals surface area contributed by atoms with Crippen LogP contribution in [0.15, 0.2) is 18.3 Å². The maximum Gasteiger partial charge on any atom is 0.237 e. The second-order valence-corrected chi connectivity index (χ2v) is 5.57. The second-order valence-electron chi connectivity index (χ2n) is 5.57. The van der Waals surface area contributed by atoms with Crippen molar-refractivity contribution < 1.29 is 9.53 Å². The third-order valence-corrected chi connectivity index (χ3v) is 3.82. The summed E-state index contributed by atoms with van der Waals surface area (Å²) >= 11 is 0. The number of nitrogens with two attached hydrogens (primary N) is 1. The lowest BCUT2D eigenvalue weighted by Crippen LogP contribution is -2.46. The predicted molar refractivity (Wildman–Crippen MR) is 81.9 cm³/mol. The lowest BCUT2D eigenvalue weighted by Gasteiger charge is -2.27. The smallest absolute Gasteiger partial charge is 0.237 e. The molecule has 3 N–H and O–H groups in total. The molecule has 0 bridgehead atoms. The van der Waals surface area contributed by atoms with Crippen LogP contribution in [0.2, 0.25) is 0 Å². The van der Waals surface area contributed by atoms with Crippen molar-refractivity contribution in [3.63, 3.8) is 0 Å². The summed E-state index contributed by atoms with van der Waals surface area (Å²) in [6, 6.07) is 3.36. The molecule has 1 atom stereocenters. The predicted octanol–water partition coefficient (Wildman–Crippen LogP) is 0.518. The van der Waals surface area contributed by atoms with Crippen LogP contribution in [0.1, 0.15) is 18.4 Å². The van der Waals surface area contributed by atoms with Gasteiger partial charge in [-0.15, -0.1) is 0 Å². The van der Waals surface area contributed by atoms with Gasteiger partial charge in [0.05, 0.1) is 6.04 Å². The molecule has 6 nitrogen and oxygen atoms in total. The lowest BCUT2D eigenvalue weighted by atomic mass is 9.92. The van der Waals surface area contributed by atoms with Crippen LogP contribution in [0.4, 0.5) is 5.82 Å². The molecule has 2 heterocycles. The van der Waals surface area contributed by atoms with Crippen LogP contribution < -0.4 is 16.0 Å². The molecule has 0 aliphatic carbocycles. The Labute approximate surface area is 125 Å². The summed E-state index contributed by atoms with van der Waals surface area (Å²) in [5.74, 6) is 0.967.